The van der Waals surface area contributed by atoms with Gasteiger partial charge in [-0.05, 0) is 39.3 Å². The Morgan fingerprint density at radius 1 is 1.38 bits per heavy atom. The maximum atomic E-state index is 12.1. The minimum Gasteiger partial charge on any atom is -0.495 e. The van der Waals surface area contributed by atoms with Crippen LogP contribution in [0.25, 0.3) is 0 Å². The molecule has 1 aliphatic heterocycles. The second-order valence-electron chi connectivity index (χ2n) is 7.41. The predicted molar refractivity (Wildman–Crippen MR) is 111 cm³/mol. The second kappa shape index (κ2) is 9.26. The van der Waals surface area contributed by atoms with Crippen LogP contribution in [-0.4, -0.2) is 60.5 Å². The molecule has 2 unspecified atom stereocenters. The summed E-state index contributed by atoms with van der Waals surface area (Å²) in [6.45, 7) is 8.52. The molecular weight excluding hydrogens is 348 g/mol. The summed E-state index contributed by atoms with van der Waals surface area (Å²) in [4.78, 5) is 6.63. The molecule has 2 rings (SSSR count). The molecule has 1 aromatic carbocycles. The first-order chi connectivity index (χ1) is 12.3. The van der Waals surface area contributed by atoms with Crippen LogP contribution in [0.5, 0.6) is 5.75 Å². The SMILES string of the molecule is CN=C(NCCS(=O)C(C)(C)C)NC1CCN(c2ccccc2OC)C1. The molecule has 1 fully saturated rings. The molecule has 1 aromatic rings. The Kier molecular flexibility index (Phi) is 7.32. The van der Waals surface area contributed by atoms with Crippen LogP contribution in [0.1, 0.15) is 27.2 Å². The number of para-hydroxylation sites is 2. The summed E-state index contributed by atoms with van der Waals surface area (Å²) in [5.74, 6) is 2.28. The van der Waals surface area contributed by atoms with E-state index in [4.69, 9.17) is 4.74 Å². The van der Waals surface area contributed by atoms with Gasteiger partial charge in [-0.3, -0.25) is 9.20 Å². The molecule has 0 amide bonds. The molecular formula is C19H32N4O2S. The number of benzene rings is 1. The molecule has 0 saturated carbocycles. The van der Waals surface area contributed by atoms with Gasteiger partial charge < -0.3 is 20.3 Å². The Labute approximate surface area is 159 Å². The summed E-state index contributed by atoms with van der Waals surface area (Å²) in [6.07, 6.45) is 1.03. The monoisotopic (exact) mass is 380 g/mol. The van der Waals surface area contributed by atoms with E-state index in [1.807, 2.05) is 39.0 Å². The fraction of sp³-hybridized carbons (Fsp3) is 0.632. The fourth-order valence-corrected chi connectivity index (χ4v) is 3.84. The number of anilines is 1. The van der Waals surface area contributed by atoms with Crippen LogP contribution < -0.4 is 20.3 Å². The summed E-state index contributed by atoms with van der Waals surface area (Å²) in [5, 5.41) is 6.75. The zero-order valence-electron chi connectivity index (χ0n) is 16.5. The van der Waals surface area contributed by atoms with Crippen molar-refractivity contribution < 1.29 is 8.95 Å². The summed E-state index contributed by atoms with van der Waals surface area (Å²) in [6, 6.07) is 8.43. The van der Waals surface area contributed by atoms with Gasteiger partial charge >= 0.3 is 0 Å². The minimum absolute atomic E-state index is 0.181. The predicted octanol–water partition coefficient (Wildman–Crippen LogP) is 1.99. The third kappa shape index (κ3) is 5.62. The molecule has 146 valence electrons. The highest BCUT2D eigenvalue weighted by Gasteiger charge is 2.25. The van der Waals surface area contributed by atoms with Gasteiger partial charge in [0, 0.05) is 54.0 Å². The van der Waals surface area contributed by atoms with Crippen LogP contribution in [0.2, 0.25) is 0 Å². The first-order valence-corrected chi connectivity index (χ1v) is 10.4. The van der Waals surface area contributed by atoms with Crippen molar-refractivity contribution in [3.63, 3.8) is 0 Å². The number of guanidine groups is 1. The Bertz CT molecular complexity index is 643. The summed E-state index contributed by atoms with van der Waals surface area (Å²) >= 11 is 0. The maximum absolute atomic E-state index is 12.1. The number of methoxy groups -OCH3 is 1. The van der Waals surface area contributed by atoms with Crippen molar-refractivity contribution in [1.29, 1.82) is 0 Å². The lowest BCUT2D eigenvalue weighted by Gasteiger charge is -2.22. The molecule has 6 nitrogen and oxygen atoms in total. The molecule has 2 N–H and O–H groups in total. The molecule has 0 bridgehead atoms. The van der Waals surface area contributed by atoms with E-state index in [9.17, 15) is 4.21 Å². The van der Waals surface area contributed by atoms with Gasteiger partial charge in [0.05, 0.1) is 12.8 Å². The highest BCUT2D eigenvalue weighted by molar-refractivity contribution is 7.86. The highest BCUT2D eigenvalue weighted by atomic mass is 32.2. The Morgan fingerprint density at radius 2 is 2.12 bits per heavy atom. The third-order valence-electron chi connectivity index (χ3n) is 4.44. The number of aliphatic imine (C=N–C) groups is 1. The van der Waals surface area contributed by atoms with Gasteiger partial charge in [-0.25, -0.2) is 0 Å². The third-order valence-corrected chi connectivity index (χ3v) is 6.38. The standard InChI is InChI=1S/C19H32N4O2S/c1-19(2,3)26(24)13-11-21-18(20-4)22-15-10-12-23(14-15)16-8-6-7-9-17(16)25-5/h6-9,15H,10-14H2,1-5H3,(H2,20,21,22). The Balaban J connectivity index is 1.84. The van der Waals surface area contributed by atoms with Gasteiger partial charge in [0.2, 0.25) is 0 Å². The molecule has 0 aromatic heterocycles. The number of hydrogen-bond acceptors (Lipinski definition) is 4. The van der Waals surface area contributed by atoms with Crippen LogP contribution in [-0.2, 0) is 10.8 Å². The normalized spacial score (nSPS) is 19.3. The van der Waals surface area contributed by atoms with Crippen LogP contribution in [0, 0.1) is 0 Å². The summed E-state index contributed by atoms with van der Waals surface area (Å²) < 4.78 is 17.4. The zero-order chi connectivity index (χ0) is 19.2. The topological polar surface area (TPSA) is 66.0 Å². The Morgan fingerprint density at radius 3 is 2.77 bits per heavy atom. The lowest BCUT2D eigenvalue weighted by molar-refractivity contribution is 0.415. The van der Waals surface area contributed by atoms with Crippen molar-refractivity contribution >= 4 is 22.4 Å². The van der Waals surface area contributed by atoms with Crippen molar-refractivity contribution in [1.82, 2.24) is 10.6 Å². The van der Waals surface area contributed by atoms with Gasteiger partial charge in [0.25, 0.3) is 0 Å². The van der Waals surface area contributed by atoms with E-state index in [-0.39, 0.29) is 4.75 Å². The average Bonchev–Trinajstić information content (AvgIpc) is 3.08. The lowest BCUT2D eigenvalue weighted by Crippen LogP contribution is -2.46. The van der Waals surface area contributed by atoms with Crippen molar-refractivity contribution in [2.24, 2.45) is 4.99 Å². The van der Waals surface area contributed by atoms with E-state index in [2.05, 4.69) is 26.6 Å². The van der Waals surface area contributed by atoms with Crippen molar-refractivity contribution in [3.05, 3.63) is 24.3 Å². The molecule has 26 heavy (non-hydrogen) atoms. The number of nitrogens with one attached hydrogen (secondary N) is 2. The first-order valence-electron chi connectivity index (χ1n) is 9.08. The number of rotatable bonds is 6. The van der Waals surface area contributed by atoms with Crippen LogP contribution in [0.15, 0.2) is 29.3 Å². The highest BCUT2D eigenvalue weighted by Crippen LogP contribution is 2.30. The summed E-state index contributed by atoms with van der Waals surface area (Å²) in [7, 11) is 2.61. The van der Waals surface area contributed by atoms with E-state index < -0.39 is 10.8 Å². The smallest absolute Gasteiger partial charge is 0.191 e. The van der Waals surface area contributed by atoms with Crippen LogP contribution >= 0.6 is 0 Å². The number of ether oxygens (including phenoxy) is 1. The molecule has 0 aliphatic carbocycles. The zero-order valence-corrected chi connectivity index (χ0v) is 17.4. The molecule has 1 heterocycles. The molecule has 1 saturated heterocycles. The lowest BCUT2D eigenvalue weighted by atomic mass is 10.2. The molecule has 7 heteroatoms. The maximum Gasteiger partial charge on any atom is 0.191 e. The summed E-state index contributed by atoms with van der Waals surface area (Å²) in [5.41, 5.74) is 1.13. The van der Waals surface area contributed by atoms with Crippen molar-refractivity contribution in [2.75, 3.05) is 44.4 Å². The van der Waals surface area contributed by atoms with E-state index in [1.165, 1.54) is 0 Å². The van der Waals surface area contributed by atoms with Gasteiger partial charge in [-0.1, -0.05) is 12.1 Å². The molecule has 0 spiro atoms. The fourth-order valence-electron chi connectivity index (χ4n) is 2.94. The van der Waals surface area contributed by atoms with E-state index >= 15 is 0 Å². The first kappa shape index (κ1) is 20.6. The number of hydrogen-bond donors (Lipinski definition) is 2. The van der Waals surface area contributed by atoms with E-state index in [1.54, 1.807) is 14.2 Å². The second-order valence-corrected chi connectivity index (χ2v) is 9.73. The van der Waals surface area contributed by atoms with Gasteiger partial charge in [-0.15, -0.1) is 0 Å². The number of nitrogens with zero attached hydrogens (tertiary/aromatic N) is 2. The Hall–Kier alpha value is -1.76. The van der Waals surface area contributed by atoms with E-state index in [0.29, 0.717) is 18.3 Å². The van der Waals surface area contributed by atoms with Gasteiger partial charge in [0.1, 0.15) is 5.75 Å². The van der Waals surface area contributed by atoms with Gasteiger partial charge in [-0.2, -0.15) is 0 Å². The average molecular weight is 381 g/mol. The molecule has 1 aliphatic rings. The van der Waals surface area contributed by atoms with Crippen molar-refractivity contribution in [3.8, 4) is 5.75 Å². The van der Waals surface area contributed by atoms with Crippen molar-refractivity contribution in [2.45, 2.75) is 38.0 Å². The quantitative estimate of drug-likeness (QED) is 0.584. The largest absolute Gasteiger partial charge is 0.495 e. The van der Waals surface area contributed by atoms with E-state index in [0.717, 1.165) is 36.9 Å². The van der Waals surface area contributed by atoms with Crippen LogP contribution in [0.4, 0.5) is 5.69 Å². The minimum atomic E-state index is -0.861. The van der Waals surface area contributed by atoms with Gasteiger partial charge in [0.15, 0.2) is 5.96 Å². The van der Waals surface area contributed by atoms with Crippen LogP contribution in [0.3, 0.4) is 0 Å². The molecule has 2 atom stereocenters. The molecule has 0 radical (unpaired) electrons.